The van der Waals surface area contributed by atoms with Gasteiger partial charge in [-0.15, -0.1) is 0 Å². The molecule has 0 radical (unpaired) electrons. The molecule has 4 fully saturated rings. The second-order valence-corrected chi connectivity index (χ2v) is 9.41. The molecule has 4 saturated carbocycles. The zero-order valence-corrected chi connectivity index (χ0v) is 15.9. The van der Waals surface area contributed by atoms with Crippen LogP contribution in [0.25, 0.3) is 0 Å². The third kappa shape index (κ3) is 2.47. The number of Topliss-reactive ketones (excluding diaryl/α,β-unsaturated/α-hetero) is 2. The van der Waals surface area contributed by atoms with Gasteiger partial charge in [-0.05, 0) is 62.2 Å². The molecule has 0 aromatic heterocycles. The molecule has 0 aromatic carbocycles. The van der Waals surface area contributed by atoms with E-state index in [1.54, 1.807) is 7.11 Å². The lowest BCUT2D eigenvalue weighted by molar-refractivity contribution is -0.171. The van der Waals surface area contributed by atoms with Crippen LogP contribution in [0.1, 0.15) is 65.2 Å². The SMILES string of the molecule is COCO[C@@H]1CC(=O)[C@@]2(C)[C@@H](CC[C@@H]3[C@@H]2CC[C@]2(C)C(=O)CC[C@@H]32)C1. The van der Waals surface area contributed by atoms with E-state index >= 15 is 0 Å². The maximum Gasteiger partial charge on any atom is 0.146 e. The fraction of sp³-hybridized carbons (Fsp3) is 0.905. The van der Waals surface area contributed by atoms with Crippen LogP contribution in [0.2, 0.25) is 0 Å². The number of carbonyl (C=O) groups excluding carboxylic acids is 2. The molecule has 4 aliphatic rings. The summed E-state index contributed by atoms with van der Waals surface area (Å²) in [4.78, 5) is 25.7. The summed E-state index contributed by atoms with van der Waals surface area (Å²) in [6.45, 7) is 4.72. The van der Waals surface area contributed by atoms with Crippen LogP contribution in [-0.2, 0) is 19.1 Å². The number of hydrogen-bond donors (Lipinski definition) is 0. The first-order chi connectivity index (χ1) is 11.9. The normalized spacial score (nSPS) is 49.5. The van der Waals surface area contributed by atoms with Crippen molar-refractivity contribution in [1.82, 2.24) is 0 Å². The molecule has 0 N–H and O–H groups in total. The molecule has 0 unspecified atom stereocenters. The van der Waals surface area contributed by atoms with Crippen molar-refractivity contribution < 1.29 is 19.1 Å². The molecule has 4 aliphatic carbocycles. The first kappa shape index (κ1) is 17.7. The summed E-state index contributed by atoms with van der Waals surface area (Å²) < 4.78 is 10.8. The fourth-order valence-corrected chi connectivity index (χ4v) is 7.12. The van der Waals surface area contributed by atoms with Gasteiger partial charge in [-0.25, -0.2) is 0 Å². The highest BCUT2D eigenvalue weighted by molar-refractivity contribution is 5.88. The number of hydrogen-bond acceptors (Lipinski definition) is 4. The van der Waals surface area contributed by atoms with Crippen LogP contribution in [0, 0.1) is 34.5 Å². The molecule has 0 heterocycles. The van der Waals surface area contributed by atoms with E-state index in [0.29, 0.717) is 41.7 Å². The Morgan fingerprint density at radius 1 is 1.04 bits per heavy atom. The molecule has 7 atom stereocenters. The van der Waals surface area contributed by atoms with Crippen LogP contribution >= 0.6 is 0 Å². The summed E-state index contributed by atoms with van der Waals surface area (Å²) >= 11 is 0. The Morgan fingerprint density at radius 2 is 1.84 bits per heavy atom. The smallest absolute Gasteiger partial charge is 0.146 e. The average Bonchev–Trinajstić information content (AvgIpc) is 2.89. The van der Waals surface area contributed by atoms with Crippen molar-refractivity contribution in [1.29, 1.82) is 0 Å². The lowest BCUT2D eigenvalue weighted by Crippen LogP contribution is -2.58. The lowest BCUT2D eigenvalue weighted by atomic mass is 9.45. The number of ether oxygens (including phenoxy) is 2. The number of rotatable bonds is 3. The Kier molecular flexibility index (Phi) is 4.35. The summed E-state index contributed by atoms with van der Waals surface area (Å²) in [5.74, 6) is 2.83. The van der Waals surface area contributed by atoms with Gasteiger partial charge >= 0.3 is 0 Å². The van der Waals surface area contributed by atoms with Crippen molar-refractivity contribution in [3.05, 3.63) is 0 Å². The van der Waals surface area contributed by atoms with Crippen molar-refractivity contribution in [3.63, 3.8) is 0 Å². The quantitative estimate of drug-likeness (QED) is 0.729. The minimum Gasteiger partial charge on any atom is -0.359 e. The topological polar surface area (TPSA) is 52.6 Å². The number of methoxy groups -OCH3 is 1. The molecular weight excluding hydrogens is 316 g/mol. The molecule has 25 heavy (non-hydrogen) atoms. The molecule has 0 bridgehead atoms. The van der Waals surface area contributed by atoms with Gasteiger partial charge in [0.1, 0.15) is 18.4 Å². The van der Waals surface area contributed by atoms with Gasteiger partial charge in [-0.1, -0.05) is 13.8 Å². The average molecular weight is 348 g/mol. The fourth-order valence-electron chi connectivity index (χ4n) is 7.12. The van der Waals surface area contributed by atoms with Crippen molar-refractivity contribution in [2.45, 2.75) is 71.3 Å². The molecular formula is C21H32O4. The monoisotopic (exact) mass is 348 g/mol. The largest absolute Gasteiger partial charge is 0.359 e. The van der Waals surface area contributed by atoms with Gasteiger partial charge in [0.15, 0.2) is 0 Å². The summed E-state index contributed by atoms with van der Waals surface area (Å²) in [7, 11) is 1.63. The van der Waals surface area contributed by atoms with Gasteiger partial charge in [-0.2, -0.15) is 0 Å². The molecule has 0 saturated heterocycles. The highest BCUT2D eigenvalue weighted by Gasteiger charge is 2.62. The maximum absolute atomic E-state index is 13.2. The van der Waals surface area contributed by atoms with Crippen molar-refractivity contribution >= 4 is 11.6 Å². The highest BCUT2D eigenvalue weighted by Crippen LogP contribution is 2.64. The second-order valence-electron chi connectivity index (χ2n) is 9.41. The zero-order valence-electron chi connectivity index (χ0n) is 15.9. The third-order valence-electron chi connectivity index (χ3n) is 8.60. The minimum absolute atomic E-state index is 0.0176. The molecule has 4 rings (SSSR count). The van der Waals surface area contributed by atoms with Crippen LogP contribution in [0.4, 0.5) is 0 Å². The van der Waals surface area contributed by atoms with Crippen LogP contribution in [0.15, 0.2) is 0 Å². The Labute approximate surface area is 151 Å². The predicted octanol–water partition coefficient (Wildman–Crippen LogP) is 3.77. The highest BCUT2D eigenvalue weighted by atomic mass is 16.7. The first-order valence-electron chi connectivity index (χ1n) is 10.1. The van der Waals surface area contributed by atoms with Crippen LogP contribution < -0.4 is 0 Å². The Hall–Kier alpha value is -0.740. The summed E-state index contributed by atoms with van der Waals surface area (Å²) in [5, 5.41) is 0. The maximum atomic E-state index is 13.2. The molecule has 4 heteroatoms. The van der Waals surface area contributed by atoms with E-state index < -0.39 is 0 Å². The van der Waals surface area contributed by atoms with E-state index in [2.05, 4.69) is 13.8 Å². The second kappa shape index (κ2) is 6.16. The zero-order chi connectivity index (χ0) is 17.8. The van der Waals surface area contributed by atoms with E-state index in [9.17, 15) is 9.59 Å². The van der Waals surface area contributed by atoms with E-state index in [0.717, 1.165) is 38.5 Å². The van der Waals surface area contributed by atoms with Gasteiger partial charge in [0.25, 0.3) is 0 Å². The van der Waals surface area contributed by atoms with E-state index in [4.69, 9.17) is 9.47 Å². The van der Waals surface area contributed by atoms with Crippen LogP contribution in [0.5, 0.6) is 0 Å². The third-order valence-corrected chi connectivity index (χ3v) is 8.60. The predicted molar refractivity (Wildman–Crippen MR) is 93.9 cm³/mol. The summed E-state index contributed by atoms with van der Waals surface area (Å²) in [6.07, 6.45) is 7.65. The van der Waals surface area contributed by atoms with E-state index in [1.165, 1.54) is 6.42 Å². The van der Waals surface area contributed by atoms with E-state index in [1.807, 2.05) is 0 Å². The summed E-state index contributed by atoms with van der Waals surface area (Å²) in [5.41, 5.74) is -0.311. The van der Waals surface area contributed by atoms with Gasteiger partial charge in [0.2, 0.25) is 0 Å². The molecule has 140 valence electrons. The standard InChI is InChI=1S/C21H32O4/c1-20-9-8-17-15(16(20)6-7-18(20)22)5-4-13-10-14(25-12-24-3)11-19(23)21(13,17)2/h13-17H,4-12H2,1-3H3/t13-,14-,15-,16-,17-,20-,21-/m0/s1. The van der Waals surface area contributed by atoms with Gasteiger partial charge in [-0.3, -0.25) is 9.59 Å². The molecule has 0 aromatic rings. The van der Waals surface area contributed by atoms with Crippen LogP contribution in [-0.4, -0.2) is 31.6 Å². The molecule has 4 nitrogen and oxygen atoms in total. The van der Waals surface area contributed by atoms with Crippen molar-refractivity contribution in [2.24, 2.45) is 34.5 Å². The minimum atomic E-state index is -0.206. The lowest BCUT2D eigenvalue weighted by Gasteiger charge is -2.59. The number of ketones is 2. The Balaban J connectivity index is 1.57. The molecule has 0 spiro atoms. The number of fused-ring (bicyclic) bond motifs is 5. The Morgan fingerprint density at radius 3 is 2.60 bits per heavy atom. The van der Waals surface area contributed by atoms with E-state index in [-0.39, 0.29) is 23.7 Å². The van der Waals surface area contributed by atoms with Gasteiger partial charge in [0.05, 0.1) is 6.10 Å². The van der Waals surface area contributed by atoms with Crippen molar-refractivity contribution in [2.75, 3.05) is 13.9 Å². The molecule has 0 aliphatic heterocycles. The Bertz CT molecular complexity index is 572. The van der Waals surface area contributed by atoms with Gasteiger partial charge < -0.3 is 9.47 Å². The van der Waals surface area contributed by atoms with Gasteiger partial charge in [0, 0.05) is 30.8 Å². The van der Waals surface area contributed by atoms with Crippen LogP contribution in [0.3, 0.4) is 0 Å². The van der Waals surface area contributed by atoms with Crippen molar-refractivity contribution in [3.8, 4) is 0 Å². The molecule has 0 amide bonds. The number of carbonyl (C=O) groups is 2. The summed E-state index contributed by atoms with van der Waals surface area (Å²) in [6, 6.07) is 0. The first-order valence-corrected chi connectivity index (χ1v) is 10.1.